The molecule has 3 aromatic carbocycles. The van der Waals surface area contributed by atoms with Gasteiger partial charge in [0.2, 0.25) is 0 Å². The Bertz CT molecular complexity index is 1690. The van der Waals surface area contributed by atoms with Crippen LogP contribution >= 0.6 is 0 Å². The molecule has 1 aliphatic heterocycles. The zero-order chi connectivity index (χ0) is 23.6. The average molecular weight is 450 g/mol. The highest BCUT2D eigenvalue weighted by Crippen LogP contribution is 2.45. The largest absolute Gasteiger partial charge is 0.508 e. The summed E-state index contributed by atoms with van der Waals surface area (Å²) < 4.78 is 4.82. The van der Waals surface area contributed by atoms with Crippen molar-refractivity contribution in [2.45, 2.75) is 6.04 Å². The van der Waals surface area contributed by atoms with Gasteiger partial charge < -0.3 is 15.0 Å². The quantitative estimate of drug-likeness (QED) is 0.427. The fraction of sp³-hybridized carbons (Fsp3) is 0.111. The number of phenols is 1. The van der Waals surface area contributed by atoms with Gasteiger partial charge in [0.25, 0.3) is 5.56 Å². The van der Waals surface area contributed by atoms with Gasteiger partial charge in [-0.2, -0.15) is 0 Å². The smallest absolute Gasteiger partial charge is 0.331 e. The second-order valence-corrected chi connectivity index (χ2v) is 8.55. The molecule has 0 saturated heterocycles. The van der Waals surface area contributed by atoms with Crippen molar-refractivity contribution < 1.29 is 5.11 Å². The van der Waals surface area contributed by atoms with E-state index in [1.54, 1.807) is 23.7 Å². The van der Waals surface area contributed by atoms with E-state index in [0.717, 1.165) is 38.5 Å². The number of nitrogens with zero attached hydrogens (tertiary/aromatic N) is 3. The minimum atomic E-state index is -0.381. The number of nitrogens with one attached hydrogen (secondary N) is 1. The van der Waals surface area contributed by atoms with Gasteiger partial charge in [-0.05, 0) is 35.4 Å². The summed E-state index contributed by atoms with van der Waals surface area (Å²) in [5.74, 6) is 0.173. The molecule has 0 saturated carbocycles. The summed E-state index contributed by atoms with van der Waals surface area (Å²) in [6, 6.07) is 24.3. The van der Waals surface area contributed by atoms with Crippen molar-refractivity contribution in [3.8, 4) is 22.7 Å². The van der Waals surface area contributed by atoms with Crippen molar-refractivity contribution in [3.63, 3.8) is 0 Å². The lowest BCUT2D eigenvalue weighted by Gasteiger charge is -2.31. The lowest BCUT2D eigenvalue weighted by atomic mass is 9.99. The zero-order valence-corrected chi connectivity index (χ0v) is 18.7. The topological polar surface area (TPSA) is 81.2 Å². The number of anilines is 1. The molecule has 2 aromatic heterocycles. The highest BCUT2D eigenvalue weighted by molar-refractivity contribution is 5.99. The second-order valence-electron chi connectivity index (χ2n) is 8.55. The molecule has 5 aromatic rings. The Labute approximate surface area is 194 Å². The van der Waals surface area contributed by atoms with E-state index in [4.69, 9.17) is 0 Å². The molecule has 0 unspecified atom stereocenters. The number of aromatic nitrogens is 3. The van der Waals surface area contributed by atoms with Crippen LogP contribution in [0.5, 0.6) is 5.75 Å². The maximum Gasteiger partial charge on any atom is 0.331 e. The van der Waals surface area contributed by atoms with E-state index in [-0.39, 0.29) is 23.0 Å². The molecule has 7 heteroatoms. The number of aromatic hydroxyl groups is 1. The number of phenolic OH excluding ortho intramolecular Hbond substituents is 1. The van der Waals surface area contributed by atoms with Crippen molar-refractivity contribution in [2.75, 3.05) is 5.32 Å². The molecule has 2 N–H and O–H groups in total. The predicted molar refractivity (Wildman–Crippen MR) is 133 cm³/mol. The van der Waals surface area contributed by atoms with Crippen molar-refractivity contribution >= 4 is 16.6 Å². The van der Waals surface area contributed by atoms with Crippen molar-refractivity contribution in [1.82, 2.24) is 13.7 Å². The SMILES string of the molecule is Cn1c(=O)c2c(-c3ccccc3)n3c(c2n(C)c1=O)[C@@H](c1ccc(O)cc1)Nc1ccccc1-3. The van der Waals surface area contributed by atoms with Crippen LogP contribution in [-0.2, 0) is 14.1 Å². The molecular weight excluding hydrogens is 428 g/mol. The second kappa shape index (κ2) is 7.25. The van der Waals surface area contributed by atoms with Crippen LogP contribution in [0.2, 0.25) is 0 Å². The van der Waals surface area contributed by atoms with Crippen LogP contribution in [0, 0.1) is 0 Å². The molecule has 168 valence electrons. The molecule has 0 spiro atoms. The fourth-order valence-electron chi connectivity index (χ4n) is 5.00. The number of aryl methyl sites for hydroxylation is 1. The van der Waals surface area contributed by atoms with Gasteiger partial charge in [-0.3, -0.25) is 13.9 Å². The minimum absolute atomic E-state index is 0.173. The van der Waals surface area contributed by atoms with Gasteiger partial charge in [0.15, 0.2) is 0 Å². The third kappa shape index (κ3) is 2.70. The Morgan fingerprint density at radius 1 is 0.824 bits per heavy atom. The lowest BCUT2D eigenvalue weighted by molar-refractivity contribution is 0.475. The molecule has 7 nitrogen and oxygen atoms in total. The van der Waals surface area contributed by atoms with Crippen LogP contribution in [0.1, 0.15) is 17.3 Å². The first-order chi connectivity index (χ1) is 16.5. The standard InChI is InChI=1S/C27H22N4O3/c1-29-24-21(26(33)30(2)27(29)34)23(17-8-4-3-5-9-17)31-20-11-7-6-10-19(20)28-22(25(24)31)16-12-14-18(32)15-13-16/h3-15,22,28,32H,1-2H3/t22-/m1/s1. The molecule has 6 rings (SSSR count). The number of hydrogen-bond donors (Lipinski definition) is 2. The van der Waals surface area contributed by atoms with E-state index in [9.17, 15) is 14.7 Å². The number of rotatable bonds is 2. The van der Waals surface area contributed by atoms with Gasteiger partial charge in [0.05, 0.1) is 39.7 Å². The normalized spacial score (nSPS) is 14.5. The van der Waals surface area contributed by atoms with Gasteiger partial charge in [-0.25, -0.2) is 4.79 Å². The number of fused-ring (bicyclic) bond motifs is 5. The number of hydrogen-bond acceptors (Lipinski definition) is 4. The van der Waals surface area contributed by atoms with Gasteiger partial charge in [-0.1, -0.05) is 54.6 Å². The summed E-state index contributed by atoms with van der Waals surface area (Å²) >= 11 is 0. The summed E-state index contributed by atoms with van der Waals surface area (Å²) in [7, 11) is 3.22. The lowest BCUT2D eigenvalue weighted by Crippen LogP contribution is -2.37. The van der Waals surface area contributed by atoms with Crippen LogP contribution in [-0.4, -0.2) is 18.8 Å². The third-order valence-corrected chi connectivity index (χ3v) is 6.60. The molecular formula is C27H22N4O3. The first-order valence-electron chi connectivity index (χ1n) is 11.0. The number of benzene rings is 3. The van der Waals surface area contributed by atoms with E-state index in [0.29, 0.717) is 10.9 Å². The fourth-order valence-corrected chi connectivity index (χ4v) is 5.00. The monoisotopic (exact) mass is 450 g/mol. The van der Waals surface area contributed by atoms with Gasteiger partial charge in [0, 0.05) is 14.1 Å². The molecule has 1 aliphatic rings. The molecule has 0 bridgehead atoms. The summed E-state index contributed by atoms with van der Waals surface area (Å²) in [5.41, 5.74) is 5.03. The summed E-state index contributed by atoms with van der Waals surface area (Å²) in [5, 5.41) is 14.0. The minimum Gasteiger partial charge on any atom is -0.508 e. The van der Waals surface area contributed by atoms with Crippen LogP contribution in [0.4, 0.5) is 5.69 Å². The maximum atomic E-state index is 13.6. The van der Waals surface area contributed by atoms with Crippen LogP contribution in [0.25, 0.3) is 27.8 Å². The molecule has 0 aliphatic carbocycles. The van der Waals surface area contributed by atoms with Crippen molar-refractivity contribution in [3.05, 3.63) is 111 Å². The maximum absolute atomic E-state index is 13.6. The molecule has 3 heterocycles. The predicted octanol–water partition coefficient (Wildman–Crippen LogP) is 3.92. The molecule has 0 fully saturated rings. The Morgan fingerprint density at radius 3 is 2.24 bits per heavy atom. The third-order valence-electron chi connectivity index (χ3n) is 6.60. The van der Waals surface area contributed by atoms with Gasteiger partial charge >= 0.3 is 5.69 Å². The van der Waals surface area contributed by atoms with Gasteiger partial charge in [0.1, 0.15) is 5.75 Å². The summed E-state index contributed by atoms with van der Waals surface area (Å²) in [6.45, 7) is 0. The van der Waals surface area contributed by atoms with Crippen molar-refractivity contribution in [1.29, 1.82) is 0 Å². The van der Waals surface area contributed by atoms with Crippen molar-refractivity contribution in [2.24, 2.45) is 14.1 Å². The van der Waals surface area contributed by atoms with E-state index in [2.05, 4.69) is 9.88 Å². The molecule has 0 amide bonds. The molecule has 0 radical (unpaired) electrons. The molecule has 34 heavy (non-hydrogen) atoms. The Morgan fingerprint density at radius 2 is 1.50 bits per heavy atom. The van der Waals surface area contributed by atoms with Crippen LogP contribution in [0.3, 0.4) is 0 Å². The Hall–Kier alpha value is -4.52. The Kier molecular flexibility index (Phi) is 4.29. The number of para-hydroxylation sites is 2. The summed E-state index contributed by atoms with van der Waals surface area (Å²) in [4.78, 5) is 26.6. The average Bonchev–Trinajstić information content (AvgIpc) is 3.23. The van der Waals surface area contributed by atoms with E-state index < -0.39 is 0 Å². The van der Waals surface area contributed by atoms with E-state index >= 15 is 0 Å². The van der Waals surface area contributed by atoms with E-state index in [1.807, 2.05) is 66.7 Å². The van der Waals surface area contributed by atoms with Crippen LogP contribution in [0.15, 0.2) is 88.5 Å². The first-order valence-corrected chi connectivity index (χ1v) is 11.0. The molecule has 1 atom stereocenters. The Balaban J connectivity index is 1.86. The summed E-state index contributed by atoms with van der Waals surface area (Å²) in [6.07, 6.45) is 0. The zero-order valence-electron chi connectivity index (χ0n) is 18.7. The highest BCUT2D eigenvalue weighted by Gasteiger charge is 2.34. The first kappa shape index (κ1) is 20.1. The highest BCUT2D eigenvalue weighted by atomic mass is 16.3. The van der Waals surface area contributed by atoms with E-state index in [1.165, 1.54) is 7.05 Å². The van der Waals surface area contributed by atoms with Crippen LogP contribution < -0.4 is 16.6 Å². The van der Waals surface area contributed by atoms with Gasteiger partial charge in [-0.15, -0.1) is 0 Å².